The zero-order valence-corrected chi connectivity index (χ0v) is 10.2. The number of alkyl halides is 2. The summed E-state index contributed by atoms with van der Waals surface area (Å²) in [6, 6.07) is 6.84. The van der Waals surface area contributed by atoms with Crippen LogP contribution in [-0.4, -0.2) is 17.5 Å². The molecule has 6 heteroatoms. The van der Waals surface area contributed by atoms with E-state index in [1.807, 2.05) is 6.07 Å². The van der Waals surface area contributed by atoms with Gasteiger partial charge in [-0.05, 0) is 18.2 Å². The molecule has 0 radical (unpaired) electrons. The van der Waals surface area contributed by atoms with Crippen LogP contribution in [0, 0.1) is 11.3 Å². The molecule has 3 N–H and O–H groups in total. The first-order chi connectivity index (χ1) is 8.90. The number of hydrogen-bond acceptors (Lipinski definition) is 4. The molecule has 1 aromatic heterocycles. The van der Waals surface area contributed by atoms with Gasteiger partial charge in [-0.25, -0.2) is 8.78 Å². The first-order valence-electron chi connectivity index (χ1n) is 5.61. The van der Waals surface area contributed by atoms with Gasteiger partial charge in [-0.3, -0.25) is 4.98 Å². The Balaban J connectivity index is 2.51. The van der Waals surface area contributed by atoms with Crippen molar-refractivity contribution in [2.75, 3.05) is 17.6 Å². The van der Waals surface area contributed by atoms with Crippen LogP contribution in [-0.2, 0) is 0 Å². The maximum atomic E-state index is 12.9. The number of hydrogen-bond donors (Lipinski definition) is 2. The fourth-order valence-electron chi connectivity index (χ4n) is 1.72. The summed E-state index contributed by atoms with van der Waals surface area (Å²) >= 11 is 0. The van der Waals surface area contributed by atoms with Gasteiger partial charge >= 0.3 is 0 Å². The van der Waals surface area contributed by atoms with Crippen LogP contribution in [0.2, 0.25) is 0 Å². The number of nitriles is 1. The summed E-state index contributed by atoms with van der Waals surface area (Å²) in [6.45, 7) is 0.285. The van der Waals surface area contributed by atoms with Crippen molar-refractivity contribution < 1.29 is 8.78 Å². The third-order valence-corrected chi connectivity index (χ3v) is 2.60. The number of benzene rings is 1. The van der Waals surface area contributed by atoms with Crippen molar-refractivity contribution in [3.05, 3.63) is 30.0 Å². The lowest BCUT2D eigenvalue weighted by Crippen LogP contribution is -2.23. The molecule has 98 valence electrons. The van der Waals surface area contributed by atoms with Gasteiger partial charge in [0, 0.05) is 12.3 Å². The van der Waals surface area contributed by atoms with Gasteiger partial charge in [0.05, 0.1) is 41.3 Å². The van der Waals surface area contributed by atoms with Crippen molar-refractivity contribution >= 4 is 22.3 Å². The first kappa shape index (κ1) is 13.0. The van der Waals surface area contributed by atoms with E-state index in [1.54, 1.807) is 18.2 Å². The maximum Gasteiger partial charge on any atom is 0.262 e. The van der Waals surface area contributed by atoms with Gasteiger partial charge in [-0.1, -0.05) is 0 Å². The first-order valence-corrected chi connectivity index (χ1v) is 5.61. The number of pyridine rings is 1. The summed E-state index contributed by atoms with van der Waals surface area (Å²) in [6.07, 6.45) is 1.41. The topological polar surface area (TPSA) is 74.7 Å². The Hall–Kier alpha value is -2.42. The molecular weight excluding hydrogens is 250 g/mol. The van der Waals surface area contributed by atoms with E-state index in [9.17, 15) is 8.78 Å². The molecule has 0 atom stereocenters. The molecule has 0 amide bonds. The van der Waals surface area contributed by atoms with Gasteiger partial charge in [-0.2, -0.15) is 5.26 Å². The lowest BCUT2D eigenvalue weighted by atomic mass is 10.1. The third-order valence-electron chi connectivity index (χ3n) is 2.60. The molecule has 1 aromatic carbocycles. The van der Waals surface area contributed by atoms with Crippen molar-refractivity contribution in [1.29, 1.82) is 5.26 Å². The summed E-state index contributed by atoms with van der Waals surface area (Å²) < 4.78 is 25.8. The quantitative estimate of drug-likeness (QED) is 0.891. The highest BCUT2D eigenvalue weighted by Crippen LogP contribution is 2.29. The van der Waals surface area contributed by atoms with Gasteiger partial charge in [0.2, 0.25) is 0 Å². The SMILES string of the molecule is CC(F)(F)CNc1c(N)cnc2ccc(C#N)cc12. The number of nitrogen functional groups attached to an aromatic ring is 1. The number of rotatable bonds is 3. The van der Waals surface area contributed by atoms with E-state index < -0.39 is 12.5 Å². The lowest BCUT2D eigenvalue weighted by Gasteiger charge is -2.15. The second kappa shape index (κ2) is 4.69. The van der Waals surface area contributed by atoms with Gasteiger partial charge in [0.25, 0.3) is 5.92 Å². The minimum atomic E-state index is -2.85. The van der Waals surface area contributed by atoms with Crippen molar-refractivity contribution in [2.24, 2.45) is 0 Å². The molecule has 1 heterocycles. The van der Waals surface area contributed by atoms with E-state index in [0.717, 1.165) is 6.92 Å². The molecule has 2 aromatic rings. The lowest BCUT2D eigenvalue weighted by molar-refractivity contribution is 0.0368. The number of halogens is 2. The molecule has 0 saturated heterocycles. The van der Waals surface area contributed by atoms with Gasteiger partial charge in [0.15, 0.2) is 0 Å². The standard InChI is InChI=1S/C13H12F2N4/c1-13(14,15)7-19-12-9-4-8(5-16)2-3-11(9)18-6-10(12)17/h2-4,6H,7,17H2,1H3,(H,18,19). The Morgan fingerprint density at radius 1 is 1.47 bits per heavy atom. The van der Waals surface area contributed by atoms with E-state index in [4.69, 9.17) is 11.0 Å². The summed E-state index contributed by atoms with van der Waals surface area (Å²) in [5, 5.41) is 12.1. The van der Waals surface area contributed by atoms with E-state index in [0.29, 0.717) is 22.2 Å². The van der Waals surface area contributed by atoms with Crippen LogP contribution in [0.3, 0.4) is 0 Å². The number of nitrogens with one attached hydrogen (secondary N) is 1. The Labute approximate surface area is 108 Å². The van der Waals surface area contributed by atoms with E-state index in [1.165, 1.54) is 6.20 Å². The highest BCUT2D eigenvalue weighted by Gasteiger charge is 2.21. The largest absolute Gasteiger partial charge is 0.396 e. The average molecular weight is 262 g/mol. The van der Waals surface area contributed by atoms with E-state index >= 15 is 0 Å². The molecule has 19 heavy (non-hydrogen) atoms. The second-order valence-corrected chi connectivity index (χ2v) is 4.36. The molecule has 0 unspecified atom stereocenters. The van der Waals surface area contributed by atoms with Crippen LogP contribution in [0.5, 0.6) is 0 Å². The molecule has 0 aliphatic heterocycles. The molecule has 0 bridgehead atoms. The molecule has 0 aliphatic rings. The highest BCUT2D eigenvalue weighted by atomic mass is 19.3. The molecule has 0 aliphatic carbocycles. The van der Waals surface area contributed by atoms with E-state index in [2.05, 4.69) is 10.3 Å². The molecule has 0 saturated carbocycles. The summed E-state index contributed by atoms with van der Waals surface area (Å²) in [4.78, 5) is 4.10. The van der Waals surface area contributed by atoms with Crippen molar-refractivity contribution in [2.45, 2.75) is 12.8 Å². The Bertz CT molecular complexity index is 656. The fraction of sp³-hybridized carbons (Fsp3) is 0.231. The normalized spacial score (nSPS) is 11.3. The van der Waals surface area contributed by atoms with Crippen LogP contribution in [0.15, 0.2) is 24.4 Å². The predicted molar refractivity (Wildman–Crippen MR) is 70.0 cm³/mol. The van der Waals surface area contributed by atoms with Crippen molar-refractivity contribution in [1.82, 2.24) is 4.98 Å². The summed E-state index contributed by atoms with van der Waals surface area (Å²) in [5.41, 5.74) is 7.42. The van der Waals surface area contributed by atoms with Crippen LogP contribution >= 0.6 is 0 Å². The second-order valence-electron chi connectivity index (χ2n) is 4.36. The minimum Gasteiger partial charge on any atom is -0.396 e. The Morgan fingerprint density at radius 2 is 2.21 bits per heavy atom. The van der Waals surface area contributed by atoms with E-state index in [-0.39, 0.29) is 5.69 Å². The smallest absolute Gasteiger partial charge is 0.262 e. The predicted octanol–water partition coefficient (Wildman–Crippen LogP) is 2.76. The van der Waals surface area contributed by atoms with Crippen molar-refractivity contribution in [3.8, 4) is 6.07 Å². The number of nitrogens with zero attached hydrogens (tertiary/aromatic N) is 2. The summed E-state index contributed by atoms with van der Waals surface area (Å²) in [5.74, 6) is -2.85. The molecule has 0 fully saturated rings. The Kier molecular flexibility index (Phi) is 3.21. The minimum absolute atomic E-state index is 0.270. The van der Waals surface area contributed by atoms with Crippen LogP contribution in [0.1, 0.15) is 12.5 Å². The van der Waals surface area contributed by atoms with Crippen LogP contribution in [0.4, 0.5) is 20.2 Å². The monoisotopic (exact) mass is 262 g/mol. The van der Waals surface area contributed by atoms with Gasteiger partial charge in [0.1, 0.15) is 0 Å². The zero-order chi connectivity index (χ0) is 14.0. The molecule has 0 spiro atoms. The maximum absolute atomic E-state index is 12.9. The highest BCUT2D eigenvalue weighted by molar-refractivity contribution is 5.97. The Morgan fingerprint density at radius 3 is 2.84 bits per heavy atom. The molecule has 4 nitrogen and oxygen atoms in total. The number of anilines is 2. The third kappa shape index (κ3) is 2.88. The molecule has 2 rings (SSSR count). The van der Waals surface area contributed by atoms with Crippen LogP contribution < -0.4 is 11.1 Å². The van der Waals surface area contributed by atoms with Crippen molar-refractivity contribution in [3.63, 3.8) is 0 Å². The zero-order valence-electron chi connectivity index (χ0n) is 10.2. The molecular formula is C13H12F2N4. The summed E-state index contributed by atoms with van der Waals surface area (Å²) in [7, 11) is 0. The van der Waals surface area contributed by atoms with Gasteiger partial charge in [-0.15, -0.1) is 0 Å². The van der Waals surface area contributed by atoms with Gasteiger partial charge < -0.3 is 11.1 Å². The van der Waals surface area contributed by atoms with Crippen LogP contribution in [0.25, 0.3) is 10.9 Å². The number of fused-ring (bicyclic) bond motifs is 1. The number of nitrogens with two attached hydrogens (primary N) is 1. The average Bonchev–Trinajstić information content (AvgIpc) is 2.35. The fourth-order valence-corrected chi connectivity index (χ4v) is 1.72. The number of aromatic nitrogens is 1.